The second kappa shape index (κ2) is 9.82. The molecule has 0 radical (unpaired) electrons. The van der Waals surface area contributed by atoms with E-state index in [0.717, 1.165) is 38.3 Å². The number of carbonyl (C=O) groups is 2. The molecule has 1 aliphatic heterocycles. The summed E-state index contributed by atoms with van der Waals surface area (Å²) < 4.78 is 0. The summed E-state index contributed by atoms with van der Waals surface area (Å²) >= 11 is 1.36. The van der Waals surface area contributed by atoms with E-state index in [9.17, 15) is 9.59 Å². The third-order valence-corrected chi connectivity index (χ3v) is 5.85. The van der Waals surface area contributed by atoms with Crippen LogP contribution in [0.25, 0.3) is 0 Å². The largest absolute Gasteiger partial charge is 0.350 e. The summed E-state index contributed by atoms with van der Waals surface area (Å²) in [5.41, 5.74) is 2.34. The van der Waals surface area contributed by atoms with Crippen molar-refractivity contribution < 1.29 is 9.59 Å². The van der Waals surface area contributed by atoms with Gasteiger partial charge in [-0.15, -0.1) is 11.3 Å². The Hall–Kier alpha value is -2.22. The fourth-order valence-electron chi connectivity index (χ4n) is 3.11. The maximum atomic E-state index is 12.2. The Bertz CT molecular complexity index is 768. The van der Waals surface area contributed by atoms with Gasteiger partial charge in [0.05, 0.1) is 4.88 Å². The predicted octanol–water partition coefficient (Wildman–Crippen LogP) is 1.93. The van der Waals surface area contributed by atoms with Gasteiger partial charge in [0.2, 0.25) is 5.91 Å². The first-order valence-corrected chi connectivity index (χ1v) is 10.5. The van der Waals surface area contributed by atoms with Crippen LogP contribution in [0.15, 0.2) is 41.8 Å². The minimum atomic E-state index is -0.578. The first-order valence-electron chi connectivity index (χ1n) is 9.62. The summed E-state index contributed by atoms with van der Waals surface area (Å²) in [5.74, 6) is -0.405. The number of rotatable bonds is 7. The molecule has 6 nitrogen and oxygen atoms in total. The molecule has 1 fully saturated rings. The third kappa shape index (κ3) is 5.89. The molecule has 28 heavy (non-hydrogen) atoms. The monoisotopic (exact) mass is 400 g/mol. The van der Waals surface area contributed by atoms with Crippen LogP contribution in [0.3, 0.4) is 0 Å². The molecule has 1 aromatic carbocycles. The summed E-state index contributed by atoms with van der Waals surface area (Å²) in [7, 11) is 2.16. The Balaban J connectivity index is 1.42. The molecule has 3 rings (SSSR count). The average molecular weight is 401 g/mol. The van der Waals surface area contributed by atoms with Gasteiger partial charge in [0, 0.05) is 39.3 Å². The lowest BCUT2D eigenvalue weighted by Crippen LogP contribution is -2.44. The molecule has 150 valence electrons. The molecule has 2 N–H and O–H groups in total. The zero-order valence-electron chi connectivity index (χ0n) is 16.5. The standard InChI is InChI=1S/C21H28N4O2S/c1-16(23-21(27)19-4-3-13-28-19)20(26)22-14-17-5-7-18(8-6-17)15-25-11-9-24(2)10-12-25/h3-8,13,16H,9-12,14-15H2,1-2H3,(H,22,26)(H,23,27). The Kier molecular flexibility index (Phi) is 7.19. The van der Waals surface area contributed by atoms with Gasteiger partial charge in [0.25, 0.3) is 5.91 Å². The molecule has 2 heterocycles. The maximum absolute atomic E-state index is 12.2. The van der Waals surface area contributed by atoms with Gasteiger partial charge in [0.15, 0.2) is 0 Å². The van der Waals surface area contributed by atoms with Crippen LogP contribution in [0.1, 0.15) is 27.7 Å². The second-order valence-electron chi connectivity index (χ2n) is 7.29. The van der Waals surface area contributed by atoms with Crippen molar-refractivity contribution in [3.8, 4) is 0 Å². The molecule has 1 saturated heterocycles. The number of nitrogens with zero attached hydrogens (tertiary/aromatic N) is 2. The van der Waals surface area contributed by atoms with E-state index in [1.807, 2.05) is 11.4 Å². The molecule has 7 heteroatoms. The lowest BCUT2D eigenvalue weighted by Gasteiger charge is -2.32. The van der Waals surface area contributed by atoms with E-state index in [1.165, 1.54) is 16.9 Å². The SMILES string of the molecule is CC(NC(=O)c1cccs1)C(=O)NCc1ccc(CN2CCN(C)CC2)cc1. The highest BCUT2D eigenvalue weighted by Gasteiger charge is 2.17. The van der Waals surface area contributed by atoms with Crippen LogP contribution in [0, 0.1) is 0 Å². The molecular formula is C21H28N4O2S. The van der Waals surface area contributed by atoms with Gasteiger partial charge < -0.3 is 15.5 Å². The fraction of sp³-hybridized carbons (Fsp3) is 0.429. The summed E-state index contributed by atoms with van der Waals surface area (Å²) in [5, 5.41) is 7.46. The Morgan fingerprint density at radius 2 is 1.75 bits per heavy atom. The van der Waals surface area contributed by atoms with E-state index >= 15 is 0 Å². The van der Waals surface area contributed by atoms with E-state index in [0.29, 0.717) is 11.4 Å². The van der Waals surface area contributed by atoms with E-state index in [4.69, 9.17) is 0 Å². The summed E-state index contributed by atoms with van der Waals surface area (Å²) in [4.78, 5) is 29.7. The summed E-state index contributed by atoms with van der Waals surface area (Å²) in [6.45, 7) is 7.54. The maximum Gasteiger partial charge on any atom is 0.261 e. The predicted molar refractivity (Wildman–Crippen MR) is 112 cm³/mol. The molecule has 1 aromatic heterocycles. The van der Waals surface area contributed by atoms with E-state index in [-0.39, 0.29) is 11.8 Å². The lowest BCUT2D eigenvalue weighted by molar-refractivity contribution is -0.122. The van der Waals surface area contributed by atoms with Gasteiger partial charge in [-0.05, 0) is 36.5 Å². The van der Waals surface area contributed by atoms with Gasteiger partial charge in [-0.1, -0.05) is 30.3 Å². The molecule has 1 aliphatic rings. The lowest BCUT2D eigenvalue weighted by atomic mass is 10.1. The molecule has 0 spiro atoms. The smallest absolute Gasteiger partial charge is 0.261 e. The van der Waals surface area contributed by atoms with Crippen molar-refractivity contribution in [2.24, 2.45) is 0 Å². The highest BCUT2D eigenvalue weighted by Crippen LogP contribution is 2.10. The quantitative estimate of drug-likeness (QED) is 0.746. The van der Waals surface area contributed by atoms with Crippen LogP contribution in [-0.4, -0.2) is 60.9 Å². The molecular weight excluding hydrogens is 372 g/mol. The number of thiophene rings is 1. The number of carbonyl (C=O) groups excluding carboxylic acids is 2. The Labute approximate surface area is 170 Å². The average Bonchev–Trinajstić information content (AvgIpc) is 3.24. The van der Waals surface area contributed by atoms with Crippen LogP contribution in [0.2, 0.25) is 0 Å². The van der Waals surface area contributed by atoms with Gasteiger partial charge in [0.1, 0.15) is 6.04 Å². The molecule has 0 aliphatic carbocycles. The van der Waals surface area contributed by atoms with Crippen LogP contribution >= 0.6 is 11.3 Å². The number of piperazine rings is 1. The van der Waals surface area contributed by atoms with E-state index in [2.05, 4.69) is 51.7 Å². The van der Waals surface area contributed by atoms with Crippen molar-refractivity contribution in [1.82, 2.24) is 20.4 Å². The Morgan fingerprint density at radius 3 is 2.39 bits per heavy atom. The number of benzene rings is 1. The minimum absolute atomic E-state index is 0.189. The normalized spacial score (nSPS) is 16.5. The number of hydrogen-bond donors (Lipinski definition) is 2. The molecule has 2 aromatic rings. The molecule has 1 atom stereocenters. The second-order valence-corrected chi connectivity index (χ2v) is 8.23. The molecule has 0 saturated carbocycles. The van der Waals surface area contributed by atoms with Crippen LogP contribution < -0.4 is 10.6 Å². The Morgan fingerprint density at radius 1 is 1.07 bits per heavy atom. The topological polar surface area (TPSA) is 64.7 Å². The first-order chi connectivity index (χ1) is 13.5. The highest BCUT2D eigenvalue weighted by atomic mass is 32.1. The first kappa shape index (κ1) is 20.5. The van der Waals surface area contributed by atoms with Crippen molar-refractivity contribution in [3.63, 3.8) is 0 Å². The van der Waals surface area contributed by atoms with E-state index < -0.39 is 6.04 Å². The van der Waals surface area contributed by atoms with E-state index in [1.54, 1.807) is 13.0 Å². The van der Waals surface area contributed by atoms with Crippen LogP contribution in [0.4, 0.5) is 0 Å². The van der Waals surface area contributed by atoms with Crippen LogP contribution in [0.5, 0.6) is 0 Å². The number of likely N-dealkylation sites (N-methyl/N-ethyl adjacent to an activating group) is 1. The van der Waals surface area contributed by atoms with Crippen molar-refractivity contribution in [3.05, 3.63) is 57.8 Å². The molecule has 0 bridgehead atoms. The van der Waals surface area contributed by atoms with Crippen molar-refractivity contribution in [2.75, 3.05) is 33.2 Å². The third-order valence-electron chi connectivity index (χ3n) is 4.98. The van der Waals surface area contributed by atoms with Crippen LogP contribution in [-0.2, 0) is 17.9 Å². The van der Waals surface area contributed by atoms with Crippen molar-refractivity contribution >= 4 is 23.2 Å². The minimum Gasteiger partial charge on any atom is -0.350 e. The highest BCUT2D eigenvalue weighted by molar-refractivity contribution is 7.12. The number of amides is 2. The summed E-state index contributed by atoms with van der Waals surface area (Å²) in [6.07, 6.45) is 0. The zero-order chi connectivity index (χ0) is 19.9. The summed E-state index contributed by atoms with van der Waals surface area (Å²) in [6, 6.07) is 11.3. The van der Waals surface area contributed by atoms with Gasteiger partial charge in [-0.2, -0.15) is 0 Å². The molecule has 1 unspecified atom stereocenters. The molecule has 2 amide bonds. The zero-order valence-corrected chi connectivity index (χ0v) is 17.3. The number of hydrogen-bond acceptors (Lipinski definition) is 5. The van der Waals surface area contributed by atoms with Gasteiger partial charge in [-0.3, -0.25) is 14.5 Å². The number of nitrogens with one attached hydrogen (secondary N) is 2. The van der Waals surface area contributed by atoms with Crippen molar-refractivity contribution in [1.29, 1.82) is 0 Å². The van der Waals surface area contributed by atoms with Gasteiger partial charge in [-0.25, -0.2) is 0 Å². The van der Waals surface area contributed by atoms with Gasteiger partial charge >= 0.3 is 0 Å². The fourth-order valence-corrected chi connectivity index (χ4v) is 3.74. The van der Waals surface area contributed by atoms with Crippen molar-refractivity contribution in [2.45, 2.75) is 26.1 Å².